The molecule has 0 aliphatic carbocycles. The molecule has 0 bridgehead atoms. The van der Waals surface area contributed by atoms with Crippen LogP contribution < -0.4 is 14.8 Å². The van der Waals surface area contributed by atoms with Gasteiger partial charge in [0.25, 0.3) is 0 Å². The number of amides is 1. The minimum Gasteiger partial charge on any atom is -0.493 e. The van der Waals surface area contributed by atoms with Gasteiger partial charge in [-0.15, -0.1) is 11.3 Å². The summed E-state index contributed by atoms with van der Waals surface area (Å²) in [7, 11) is 1.59. The number of thiazole rings is 1. The zero-order valence-corrected chi connectivity index (χ0v) is 17.8. The summed E-state index contributed by atoms with van der Waals surface area (Å²) in [4.78, 5) is 20.7. The minimum atomic E-state index is -0.184. The number of nitrogens with zero attached hydrogens (tertiary/aromatic N) is 2. The standard InChI is InChI=1S/C24H21N3O3S/c1-29-21-14-18(6-7-20(21)30-16-17-10-12-25-13-11-17)15-26-23(28)8-9-24-27-19-4-2-3-5-22(19)31-24/h2-14H,15-16H2,1H3,(H,26,28)/b9-8+. The lowest BCUT2D eigenvalue weighted by Crippen LogP contribution is -2.20. The van der Waals surface area contributed by atoms with Gasteiger partial charge in [-0.05, 0) is 53.6 Å². The normalized spacial score (nSPS) is 11.0. The van der Waals surface area contributed by atoms with Crippen LogP contribution in [-0.4, -0.2) is 23.0 Å². The Morgan fingerprint density at radius 2 is 1.90 bits per heavy atom. The third kappa shape index (κ3) is 5.46. The van der Waals surface area contributed by atoms with Crippen LogP contribution in [0.3, 0.4) is 0 Å². The first-order chi connectivity index (χ1) is 15.2. The fourth-order valence-corrected chi connectivity index (χ4v) is 3.81. The highest BCUT2D eigenvalue weighted by Gasteiger charge is 2.07. The molecule has 0 spiro atoms. The Hall–Kier alpha value is -3.71. The molecule has 7 heteroatoms. The van der Waals surface area contributed by atoms with Crippen LogP contribution >= 0.6 is 11.3 Å². The number of hydrogen-bond acceptors (Lipinski definition) is 6. The van der Waals surface area contributed by atoms with E-state index in [1.54, 1.807) is 36.9 Å². The molecule has 0 fully saturated rings. The fraction of sp³-hybridized carbons (Fsp3) is 0.125. The van der Waals surface area contributed by atoms with Gasteiger partial charge in [-0.1, -0.05) is 18.2 Å². The number of para-hydroxylation sites is 1. The summed E-state index contributed by atoms with van der Waals surface area (Å²) in [5.41, 5.74) is 2.87. The highest BCUT2D eigenvalue weighted by atomic mass is 32.1. The molecule has 2 aromatic heterocycles. The third-order valence-corrected chi connectivity index (χ3v) is 5.53. The van der Waals surface area contributed by atoms with Crippen molar-refractivity contribution in [1.29, 1.82) is 0 Å². The third-order valence-electron chi connectivity index (χ3n) is 4.53. The second-order valence-corrected chi connectivity index (χ2v) is 7.76. The maximum atomic E-state index is 12.2. The number of aromatic nitrogens is 2. The molecule has 0 saturated heterocycles. The fourth-order valence-electron chi connectivity index (χ4n) is 2.94. The number of methoxy groups -OCH3 is 1. The van der Waals surface area contributed by atoms with Crippen LogP contribution in [0.1, 0.15) is 16.1 Å². The number of pyridine rings is 1. The number of hydrogen-bond donors (Lipinski definition) is 1. The maximum Gasteiger partial charge on any atom is 0.244 e. The van der Waals surface area contributed by atoms with Crippen molar-refractivity contribution >= 4 is 33.5 Å². The molecule has 2 aromatic carbocycles. The number of nitrogens with one attached hydrogen (secondary N) is 1. The SMILES string of the molecule is COc1cc(CNC(=O)/C=C/c2nc3ccccc3s2)ccc1OCc1ccncc1. The number of carbonyl (C=O) groups excluding carboxylic acids is 1. The van der Waals surface area contributed by atoms with E-state index in [-0.39, 0.29) is 5.91 Å². The summed E-state index contributed by atoms with van der Waals surface area (Å²) in [6, 6.07) is 17.3. The Bertz CT molecular complexity index is 1170. The maximum absolute atomic E-state index is 12.2. The highest BCUT2D eigenvalue weighted by molar-refractivity contribution is 7.19. The lowest BCUT2D eigenvalue weighted by atomic mass is 10.2. The van der Waals surface area contributed by atoms with Crippen molar-refractivity contribution in [2.75, 3.05) is 7.11 Å². The number of benzene rings is 2. The first-order valence-corrected chi connectivity index (χ1v) is 10.5. The van der Waals surface area contributed by atoms with E-state index < -0.39 is 0 Å². The van der Waals surface area contributed by atoms with E-state index >= 15 is 0 Å². The van der Waals surface area contributed by atoms with Gasteiger partial charge in [-0.3, -0.25) is 9.78 Å². The van der Waals surface area contributed by atoms with Gasteiger partial charge in [0.2, 0.25) is 5.91 Å². The Labute approximate surface area is 184 Å². The summed E-state index contributed by atoms with van der Waals surface area (Å²) in [6.07, 6.45) is 6.69. The quantitative estimate of drug-likeness (QED) is 0.413. The first-order valence-electron chi connectivity index (χ1n) is 9.71. The predicted molar refractivity (Wildman–Crippen MR) is 122 cm³/mol. The summed E-state index contributed by atoms with van der Waals surface area (Å²) in [6.45, 7) is 0.801. The van der Waals surface area contributed by atoms with Crippen LogP contribution in [0.2, 0.25) is 0 Å². The van der Waals surface area contributed by atoms with Crippen LogP contribution in [0.25, 0.3) is 16.3 Å². The summed E-state index contributed by atoms with van der Waals surface area (Å²) in [5, 5.41) is 3.68. The molecular weight excluding hydrogens is 410 g/mol. The van der Waals surface area contributed by atoms with Crippen molar-refractivity contribution in [3.63, 3.8) is 0 Å². The van der Waals surface area contributed by atoms with E-state index in [2.05, 4.69) is 15.3 Å². The van der Waals surface area contributed by atoms with Crippen LogP contribution in [0, 0.1) is 0 Å². The molecule has 0 unspecified atom stereocenters. The van der Waals surface area contributed by atoms with Crippen molar-refractivity contribution in [2.24, 2.45) is 0 Å². The minimum absolute atomic E-state index is 0.184. The van der Waals surface area contributed by atoms with Gasteiger partial charge in [0, 0.05) is 25.0 Å². The Morgan fingerprint density at radius 1 is 1.06 bits per heavy atom. The van der Waals surface area contributed by atoms with Gasteiger partial charge in [0.05, 0.1) is 17.3 Å². The largest absolute Gasteiger partial charge is 0.493 e. The monoisotopic (exact) mass is 431 g/mol. The molecule has 0 saturated carbocycles. The lowest BCUT2D eigenvalue weighted by molar-refractivity contribution is -0.116. The summed E-state index contributed by atoms with van der Waals surface area (Å²) in [5.74, 6) is 1.08. The Balaban J connectivity index is 1.33. The lowest BCUT2D eigenvalue weighted by Gasteiger charge is -2.12. The van der Waals surface area contributed by atoms with Crippen molar-refractivity contribution in [3.8, 4) is 11.5 Å². The van der Waals surface area contributed by atoms with E-state index in [9.17, 15) is 4.79 Å². The van der Waals surface area contributed by atoms with E-state index in [1.807, 2.05) is 54.6 Å². The highest BCUT2D eigenvalue weighted by Crippen LogP contribution is 2.29. The summed E-state index contributed by atoms with van der Waals surface area (Å²) < 4.78 is 12.4. The second-order valence-electron chi connectivity index (χ2n) is 6.70. The molecule has 4 rings (SSSR count). The molecule has 0 radical (unpaired) electrons. The van der Waals surface area contributed by atoms with Crippen molar-refractivity contribution < 1.29 is 14.3 Å². The van der Waals surface area contributed by atoms with Crippen LogP contribution in [-0.2, 0) is 17.9 Å². The smallest absolute Gasteiger partial charge is 0.244 e. The molecular formula is C24H21N3O3S. The van der Waals surface area contributed by atoms with Crippen molar-refractivity contribution in [2.45, 2.75) is 13.2 Å². The van der Waals surface area contributed by atoms with Crippen molar-refractivity contribution in [1.82, 2.24) is 15.3 Å². The number of fused-ring (bicyclic) bond motifs is 1. The molecule has 0 atom stereocenters. The van der Waals surface area contributed by atoms with Gasteiger partial charge in [-0.25, -0.2) is 4.98 Å². The van der Waals surface area contributed by atoms with Crippen LogP contribution in [0.5, 0.6) is 11.5 Å². The van der Waals surface area contributed by atoms with E-state index in [0.717, 1.165) is 26.4 Å². The topological polar surface area (TPSA) is 73.3 Å². The Kier molecular flexibility index (Phi) is 6.54. The molecule has 0 aliphatic heterocycles. The molecule has 0 aliphatic rings. The molecule has 2 heterocycles. The predicted octanol–water partition coefficient (Wildman–Crippen LogP) is 4.61. The van der Waals surface area contributed by atoms with E-state index in [1.165, 1.54) is 6.08 Å². The number of carbonyl (C=O) groups is 1. The first kappa shape index (κ1) is 20.6. The van der Waals surface area contributed by atoms with Gasteiger partial charge in [0.1, 0.15) is 11.6 Å². The summed E-state index contributed by atoms with van der Waals surface area (Å²) >= 11 is 1.55. The molecule has 6 nitrogen and oxygen atoms in total. The van der Waals surface area contributed by atoms with Crippen LogP contribution in [0.4, 0.5) is 0 Å². The Morgan fingerprint density at radius 3 is 2.71 bits per heavy atom. The molecule has 31 heavy (non-hydrogen) atoms. The average Bonchev–Trinajstić information content (AvgIpc) is 3.24. The molecule has 4 aromatic rings. The van der Waals surface area contributed by atoms with Gasteiger partial charge >= 0.3 is 0 Å². The number of rotatable bonds is 8. The number of ether oxygens (including phenoxy) is 2. The van der Waals surface area contributed by atoms with E-state index in [4.69, 9.17) is 9.47 Å². The zero-order chi connectivity index (χ0) is 21.5. The van der Waals surface area contributed by atoms with E-state index in [0.29, 0.717) is 24.7 Å². The van der Waals surface area contributed by atoms with Gasteiger partial charge in [-0.2, -0.15) is 0 Å². The van der Waals surface area contributed by atoms with Crippen LogP contribution in [0.15, 0.2) is 73.1 Å². The van der Waals surface area contributed by atoms with Crippen molar-refractivity contribution in [3.05, 3.63) is 89.2 Å². The molecule has 156 valence electrons. The second kappa shape index (κ2) is 9.86. The zero-order valence-electron chi connectivity index (χ0n) is 16.9. The average molecular weight is 432 g/mol. The molecule has 1 amide bonds. The van der Waals surface area contributed by atoms with Gasteiger partial charge < -0.3 is 14.8 Å². The van der Waals surface area contributed by atoms with Gasteiger partial charge in [0.15, 0.2) is 11.5 Å². The molecule has 1 N–H and O–H groups in total.